The quantitative estimate of drug-likeness (QED) is 0.203. The molecule has 3 aromatic carbocycles. The molecule has 0 aliphatic rings. The van der Waals surface area contributed by atoms with Crippen LogP contribution in [0.5, 0.6) is 0 Å². The molecule has 8 nitrogen and oxygen atoms in total. The molecule has 35 heavy (non-hydrogen) atoms. The van der Waals surface area contributed by atoms with Crippen LogP contribution in [0.2, 0.25) is 0 Å². The first kappa shape index (κ1) is 25.1. The summed E-state index contributed by atoms with van der Waals surface area (Å²) in [4.78, 5) is 31.1. The summed E-state index contributed by atoms with van der Waals surface area (Å²) < 4.78 is 37.7. The molecule has 182 valence electrons. The standard InChI is InChI=1S/C24H23N2O6PS2/c1-31-35(29,30)32-33(18-12-6-3-7-13-18,19-14-8-4-9-15-19,20-16-10-5-11-17-20)21-22(27)25-24(28)26-23(21)34-2/h3-17H,1-2H3,(H2,25,26,27,28). The normalized spacial score (nSPS) is 13.1. The second-order valence-corrected chi connectivity index (χ2v) is 14.1. The molecule has 0 fully saturated rings. The number of benzene rings is 3. The van der Waals surface area contributed by atoms with Gasteiger partial charge in [0.25, 0.3) is 0 Å². The Morgan fingerprint density at radius 1 is 0.743 bits per heavy atom. The van der Waals surface area contributed by atoms with Crippen LogP contribution in [0.1, 0.15) is 0 Å². The van der Waals surface area contributed by atoms with Crippen LogP contribution in [-0.2, 0) is 18.6 Å². The van der Waals surface area contributed by atoms with Crippen LogP contribution in [0.15, 0.2) is 106 Å². The Hall–Kier alpha value is -3.01. The van der Waals surface area contributed by atoms with Crippen molar-refractivity contribution in [2.75, 3.05) is 13.4 Å². The Morgan fingerprint density at radius 3 is 1.54 bits per heavy atom. The van der Waals surface area contributed by atoms with Crippen LogP contribution in [0, 0.1) is 0 Å². The van der Waals surface area contributed by atoms with Gasteiger partial charge >= 0.3 is 207 Å². The van der Waals surface area contributed by atoms with Gasteiger partial charge in [0.1, 0.15) is 0 Å². The zero-order valence-corrected chi connectivity index (χ0v) is 21.4. The SMILES string of the molecule is COS(=O)(=O)OP(c1ccccc1)(c1ccccc1)(c1ccccc1)c1c(SC)[nH]c(=O)[nH]c1=O. The van der Waals surface area contributed by atoms with Crippen LogP contribution >= 0.6 is 18.6 Å². The number of aromatic nitrogens is 2. The summed E-state index contributed by atoms with van der Waals surface area (Å²) in [5, 5.41) is 1.48. The summed E-state index contributed by atoms with van der Waals surface area (Å²) in [5.41, 5.74) is -1.48. The van der Waals surface area contributed by atoms with E-state index in [-0.39, 0.29) is 10.3 Å². The van der Waals surface area contributed by atoms with Crippen LogP contribution < -0.4 is 32.5 Å². The van der Waals surface area contributed by atoms with Gasteiger partial charge in [-0.05, 0) is 0 Å². The molecule has 1 aromatic heterocycles. The fourth-order valence-electron chi connectivity index (χ4n) is 4.35. The second kappa shape index (κ2) is 9.56. The first-order valence-corrected chi connectivity index (χ1v) is 15.1. The first-order valence-electron chi connectivity index (χ1n) is 10.4. The minimum atomic E-state index is -4.93. The van der Waals surface area contributed by atoms with Gasteiger partial charge < -0.3 is 0 Å². The van der Waals surface area contributed by atoms with Gasteiger partial charge in [-0.15, -0.1) is 0 Å². The van der Waals surface area contributed by atoms with Gasteiger partial charge in [-0.2, -0.15) is 0 Å². The Balaban J connectivity index is 2.46. The van der Waals surface area contributed by atoms with Crippen molar-refractivity contribution in [2.45, 2.75) is 5.03 Å². The van der Waals surface area contributed by atoms with Gasteiger partial charge in [0, 0.05) is 0 Å². The monoisotopic (exact) mass is 530 g/mol. The maximum absolute atomic E-state index is 13.8. The van der Waals surface area contributed by atoms with E-state index in [9.17, 15) is 18.0 Å². The number of H-pyrrole nitrogens is 2. The zero-order chi connectivity index (χ0) is 25.1. The van der Waals surface area contributed by atoms with E-state index in [0.717, 1.165) is 18.9 Å². The summed E-state index contributed by atoms with van der Waals surface area (Å²) in [6.45, 7) is -4.93. The number of thioether (sulfide) groups is 1. The van der Waals surface area contributed by atoms with Crippen LogP contribution in [0.25, 0.3) is 0 Å². The summed E-state index contributed by atoms with van der Waals surface area (Å²) in [6.07, 6.45) is 1.69. The van der Waals surface area contributed by atoms with Crippen molar-refractivity contribution in [2.24, 2.45) is 0 Å². The maximum atomic E-state index is 13.8. The summed E-state index contributed by atoms with van der Waals surface area (Å²) in [7, 11) is -3.68. The predicted molar refractivity (Wildman–Crippen MR) is 141 cm³/mol. The molecule has 0 aliphatic carbocycles. The predicted octanol–water partition coefficient (Wildman–Crippen LogP) is 1.76. The van der Waals surface area contributed by atoms with Gasteiger partial charge in [0.2, 0.25) is 0 Å². The Morgan fingerprint density at radius 2 is 1.17 bits per heavy atom. The van der Waals surface area contributed by atoms with E-state index in [0.29, 0.717) is 15.9 Å². The Labute approximate surface area is 206 Å². The van der Waals surface area contributed by atoms with Crippen molar-refractivity contribution in [3.63, 3.8) is 0 Å². The summed E-state index contributed by atoms with van der Waals surface area (Å²) in [6, 6.07) is 26.1. The number of hydrogen-bond acceptors (Lipinski definition) is 7. The molecule has 4 aromatic rings. The molecule has 0 radical (unpaired) electrons. The number of nitrogens with one attached hydrogen (secondary N) is 2. The molecule has 0 bridgehead atoms. The van der Waals surface area contributed by atoms with Crippen molar-refractivity contribution in [1.29, 1.82) is 0 Å². The van der Waals surface area contributed by atoms with Crippen molar-refractivity contribution in [1.82, 2.24) is 9.97 Å². The van der Waals surface area contributed by atoms with Gasteiger partial charge in [0.15, 0.2) is 0 Å². The number of hydrogen-bond donors (Lipinski definition) is 2. The number of aromatic amines is 2. The van der Waals surface area contributed by atoms with E-state index in [2.05, 4.69) is 9.97 Å². The molecule has 0 aliphatic heterocycles. The second-order valence-electron chi connectivity index (χ2n) is 7.48. The van der Waals surface area contributed by atoms with Crippen molar-refractivity contribution < 1.29 is 16.6 Å². The first-order chi connectivity index (χ1) is 16.8. The molecule has 0 saturated heterocycles. The molecule has 0 unspecified atom stereocenters. The van der Waals surface area contributed by atoms with Crippen molar-refractivity contribution in [3.05, 3.63) is 112 Å². The van der Waals surface area contributed by atoms with E-state index >= 15 is 0 Å². The fraction of sp³-hybridized carbons (Fsp3) is 0.0833. The minimum absolute atomic E-state index is 0.00711. The van der Waals surface area contributed by atoms with Crippen molar-refractivity contribution >= 4 is 50.2 Å². The van der Waals surface area contributed by atoms with E-state index in [1.165, 1.54) is 0 Å². The molecule has 11 heteroatoms. The molecule has 0 atom stereocenters. The third kappa shape index (κ3) is 3.97. The molecule has 0 saturated carbocycles. The number of rotatable bonds is 8. The van der Waals surface area contributed by atoms with Gasteiger partial charge in [-0.25, -0.2) is 0 Å². The summed E-state index contributed by atoms with van der Waals surface area (Å²) >= 11 is 1.11. The molecular formula is C24H23N2O6PS2. The third-order valence-corrected chi connectivity index (χ3v) is 14.0. The Kier molecular flexibility index (Phi) is 6.86. The third-order valence-electron chi connectivity index (χ3n) is 5.71. The van der Waals surface area contributed by atoms with E-state index in [1.807, 2.05) is 0 Å². The fourth-order valence-corrected chi connectivity index (χ4v) is 13.4. The van der Waals surface area contributed by atoms with E-state index in [4.69, 9.17) is 8.15 Å². The van der Waals surface area contributed by atoms with Crippen LogP contribution in [0.3, 0.4) is 0 Å². The summed E-state index contributed by atoms with van der Waals surface area (Å²) in [5.74, 6) is 0. The van der Waals surface area contributed by atoms with Crippen LogP contribution in [0.4, 0.5) is 0 Å². The zero-order valence-electron chi connectivity index (χ0n) is 18.9. The average Bonchev–Trinajstić information content (AvgIpc) is 2.89. The van der Waals surface area contributed by atoms with Gasteiger partial charge in [-0.3, -0.25) is 0 Å². The molecule has 2 N–H and O–H groups in total. The van der Waals surface area contributed by atoms with Gasteiger partial charge in [0.05, 0.1) is 0 Å². The molecular weight excluding hydrogens is 507 g/mol. The molecule has 1 heterocycles. The average molecular weight is 531 g/mol. The van der Waals surface area contributed by atoms with E-state index < -0.39 is 28.5 Å². The molecule has 0 amide bonds. The molecule has 0 spiro atoms. The van der Waals surface area contributed by atoms with Gasteiger partial charge in [-0.1, -0.05) is 0 Å². The Bertz CT molecular complexity index is 1460. The van der Waals surface area contributed by atoms with Crippen molar-refractivity contribution in [3.8, 4) is 0 Å². The van der Waals surface area contributed by atoms with E-state index in [1.54, 1.807) is 97.3 Å². The molecule has 4 rings (SSSR count). The topological polar surface area (TPSA) is 118 Å². The van der Waals surface area contributed by atoms with Crippen LogP contribution in [-0.4, -0.2) is 31.8 Å².